The maximum atomic E-state index is 12.3. The van der Waals surface area contributed by atoms with Crippen LogP contribution in [0.3, 0.4) is 0 Å². The van der Waals surface area contributed by atoms with E-state index in [2.05, 4.69) is 0 Å². The molecule has 0 saturated heterocycles. The van der Waals surface area contributed by atoms with E-state index >= 15 is 0 Å². The van der Waals surface area contributed by atoms with Crippen LogP contribution in [0.4, 0.5) is 0 Å². The quantitative estimate of drug-likeness (QED) is 0.396. The molecule has 3 aromatic carbocycles. The molecule has 2 unspecified atom stereocenters. The highest BCUT2D eigenvalue weighted by Crippen LogP contribution is 2.42. The minimum Gasteiger partial charge on any atom is -0.478 e. The molecule has 8 heteroatoms. The number of carboxylic acids is 1. The summed E-state index contributed by atoms with van der Waals surface area (Å²) in [7, 11) is 0. The monoisotopic (exact) mass is 466 g/mol. The second kappa shape index (κ2) is 9.02. The minimum atomic E-state index is -1.25. The molecule has 0 spiro atoms. The second-order valence-corrected chi connectivity index (χ2v) is 8.07. The smallest absolute Gasteiger partial charge is 0.338 e. The molecule has 4 aromatic rings. The van der Waals surface area contributed by atoms with Crippen molar-refractivity contribution in [3.63, 3.8) is 0 Å². The summed E-state index contributed by atoms with van der Waals surface area (Å²) < 4.78 is 0. The van der Waals surface area contributed by atoms with Crippen LogP contribution in [0.15, 0.2) is 96.6 Å². The number of aromatic nitrogens is 1. The molecule has 0 fully saturated rings. The van der Waals surface area contributed by atoms with E-state index in [-0.39, 0.29) is 16.8 Å². The summed E-state index contributed by atoms with van der Waals surface area (Å²) in [5.41, 5.74) is 14.6. The van der Waals surface area contributed by atoms with Gasteiger partial charge in [0.2, 0.25) is 5.91 Å². The van der Waals surface area contributed by atoms with Crippen LogP contribution in [-0.2, 0) is 9.63 Å². The highest BCUT2D eigenvalue weighted by Gasteiger charge is 2.41. The van der Waals surface area contributed by atoms with E-state index < -0.39 is 24.1 Å². The number of hydroxylamine groups is 2. The summed E-state index contributed by atoms with van der Waals surface area (Å²) in [5.74, 6) is -1.84. The lowest BCUT2D eigenvalue weighted by Crippen LogP contribution is -2.32. The van der Waals surface area contributed by atoms with Crippen LogP contribution < -0.4 is 11.5 Å². The third-order valence-corrected chi connectivity index (χ3v) is 5.93. The number of aliphatic carboxylic acids is 1. The number of carboxylic acid groups (broad SMARTS) is 1. The number of nitrogens with zero attached hydrogens (tertiary/aromatic N) is 2. The average Bonchev–Trinajstić information content (AvgIpc) is 3.21. The van der Waals surface area contributed by atoms with Gasteiger partial charge in [-0.1, -0.05) is 72.8 Å². The second-order valence-electron chi connectivity index (χ2n) is 8.07. The van der Waals surface area contributed by atoms with Gasteiger partial charge in [-0.15, -0.1) is 0 Å². The van der Waals surface area contributed by atoms with Gasteiger partial charge in [0.05, 0.1) is 11.2 Å². The van der Waals surface area contributed by atoms with Gasteiger partial charge in [-0.05, 0) is 29.3 Å². The zero-order valence-corrected chi connectivity index (χ0v) is 18.5. The summed E-state index contributed by atoms with van der Waals surface area (Å²) in [6, 6.07) is 26.6. The van der Waals surface area contributed by atoms with Gasteiger partial charge >= 0.3 is 5.97 Å². The van der Waals surface area contributed by atoms with Crippen molar-refractivity contribution in [1.82, 2.24) is 10.0 Å². The highest BCUT2D eigenvalue weighted by molar-refractivity contribution is 5.98. The summed E-state index contributed by atoms with van der Waals surface area (Å²) >= 11 is 0. The number of nitrogens with two attached hydrogens (primary N) is 2. The van der Waals surface area contributed by atoms with Crippen molar-refractivity contribution in [3.05, 3.63) is 119 Å². The van der Waals surface area contributed by atoms with E-state index in [1.54, 1.807) is 30.3 Å². The first-order valence-electron chi connectivity index (χ1n) is 10.9. The van der Waals surface area contributed by atoms with Gasteiger partial charge < -0.3 is 10.8 Å². The number of para-hydroxylation sites is 1. The standard InChI is InChI=1S/C27H22N4O4/c28-25(32)19-12-6-5-11-18(19)23(17-9-2-1-3-10-17)31-24(22(27(33)34)26(29)35-31)21-15-14-16-8-4-7-13-20(16)30-21/h1-15,23,26H,29H2,(H2,28,32)(H,33,34). The molecule has 5 rings (SSSR count). The number of hydrogen-bond donors (Lipinski definition) is 3. The molecular weight excluding hydrogens is 444 g/mol. The van der Waals surface area contributed by atoms with Crippen molar-refractivity contribution in [3.8, 4) is 0 Å². The molecule has 1 aliphatic rings. The normalized spacial score (nSPS) is 16.5. The van der Waals surface area contributed by atoms with Crippen molar-refractivity contribution in [2.24, 2.45) is 11.5 Å². The van der Waals surface area contributed by atoms with Gasteiger partial charge in [-0.3, -0.25) is 10.5 Å². The lowest BCUT2D eigenvalue weighted by Gasteiger charge is -2.32. The Balaban J connectivity index is 1.76. The molecule has 1 aliphatic heterocycles. The van der Waals surface area contributed by atoms with E-state index in [4.69, 9.17) is 21.3 Å². The first-order chi connectivity index (χ1) is 17.0. The largest absolute Gasteiger partial charge is 0.478 e. The van der Waals surface area contributed by atoms with E-state index in [1.807, 2.05) is 60.7 Å². The SMILES string of the molecule is NC(=O)c1ccccc1C(c1ccccc1)N1OC(N)C(C(=O)O)=C1c1ccc2ccccc2n1. The number of hydrogen-bond acceptors (Lipinski definition) is 6. The lowest BCUT2D eigenvalue weighted by atomic mass is 9.93. The first-order valence-corrected chi connectivity index (χ1v) is 10.9. The number of fused-ring (bicyclic) bond motifs is 1. The predicted molar refractivity (Wildman–Crippen MR) is 130 cm³/mol. The summed E-state index contributed by atoms with van der Waals surface area (Å²) in [6.07, 6.45) is -1.25. The van der Waals surface area contributed by atoms with Crippen molar-refractivity contribution < 1.29 is 19.5 Å². The first kappa shape index (κ1) is 22.3. The number of pyridine rings is 1. The molecule has 1 aromatic heterocycles. The fraction of sp³-hybridized carbons (Fsp3) is 0.0741. The zero-order valence-electron chi connectivity index (χ0n) is 18.5. The number of carbonyl (C=O) groups excluding carboxylic acids is 1. The van der Waals surface area contributed by atoms with Crippen LogP contribution >= 0.6 is 0 Å². The highest BCUT2D eigenvalue weighted by atomic mass is 16.7. The van der Waals surface area contributed by atoms with Crippen LogP contribution in [0.5, 0.6) is 0 Å². The van der Waals surface area contributed by atoms with Crippen molar-refractivity contribution in [1.29, 1.82) is 0 Å². The summed E-state index contributed by atoms with van der Waals surface area (Å²) in [6.45, 7) is 0. The molecule has 0 bridgehead atoms. The Morgan fingerprint density at radius 3 is 2.34 bits per heavy atom. The molecule has 2 atom stereocenters. The van der Waals surface area contributed by atoms with Crippen molar-refractivity contribution >= 4 is 28.5 Å². The van der Waals surface area contributed by atoms with E-state index in [1.165, 1.54) is 5.06 Å². The fourth-order valence-electron chi connectivity index (χ4n) is 4.38. The van der Waals surface area contributed by atoms with Crippen molar-refractivity contribution in [2.45, 2.75) is 12.3 Å². The molecule has 174 valence electrons. The third-order valence-electron chi connectivity index (χ3n) is 5.93. The molecule has 0 saturated carbocycles. The Morgan fingerprint density at radius 1 is 0.914 bits per heavy atom. The van der Waals surface area contributed by atoms with Crippen molar-refractivity contribution in [2.75, 3.05) is 0 Å². The van der Waals surface area contributed by atoms with Gasteiger partial charge in [-0.2, -0.15) is 0 Å². The van der Waals surface area contributed by atoms with Gasteiger partial charge in [0.15, 0.2) is 6.23 Å². The number of carbonyl (C=O) groups is 2. The molecule has 8 nitrogen and oxygen atoms in total. The Labute approximate surface area is 201 Å². The molecule has 0 radical (unpaired) electrons. The molecule has 2 heterocycles. The number of amides is 1. The Bertz CT molecular complexity index is 1470. The van der Waals surface area contributed by atoms with E-state index in [0.717, 1.165) is 10.9 Å². The predicted octanol–water partition coefficient (Wildman–Crippen LogP) is 3.45. The summed E-state index contributed by atoms with van der Waals surface area (Å²) in [5, 5.41) is 12.4. The summed E-state index contributed by atoms with van der Waals surface area (Å²) in [4.78, 5) is 35.4. The topological polar surface area (TPSA) is 132 Å². The number of primary amides is 1. The Hall–Kier alpha value is -4.53. The third kappa shape index (κ3) is 4.01. The van der Waals surface area contributed by atoms with E-state index in [9.17, 15) is 14.7 Å². The number of rotatable bonds is 6. The molecule has 35 heavy (non-hydrogen) atoms. The Kier molecular flexibility index (Phi) is 5.74. The average molecular weight is 466 g/mol. The zero-order chi connectivity index (χ0) is 24.5. The van der Waals surface area contributed by atoms with Crippen LogP contribution in [-0.4, -0.2) is 33.3 Å². The lowest BCUT2D eigenvalue weighted by molar-refractivity contribution is -0.147. The van der Waals surface area contributed by atoms with Gasteiger partial charge in [0, 0.05) is 10.9 Å². The maximum Gasteiger partial charge on any atom is 0.338 e. The van der Waals surface area contributed by atoms with Crippen LogP contribution in [0.25, 0.3) is 16.6 Å². The van der Waals surface area contributed by atoms with Crippen LogP contribution in [0, 0.1) is 0 Å². The van der Waals surface area contributed by atoms with Crippen LogP contribution in [0.1, 0.15) is 33.2 Å². The van der Waals surface area contributed by atoms with Gasteiger partial charge in [0.1, 0.15) is 17.3 Å². The minimum absolute atomic E-state index is 0.134. The molecule has 1 amide bonds. The Morgan fingerprint density at radius 2 is 1.60 bits per heavy atom. The molecule has 5 N–H and O–H groups in total. The fourth-order valence-corrected chi connectivity index (χ4v) is 4.38. The van der Waals surface area contributed by atoms with E-state index in [0.29, 0.717) is 16.8 Å². The number of benzene rings is 3. The van der Waals surface area contributed by atoms with Crippen LogP contribution in [0.2, 0.25) is 0 Å². The molecular formula is C27H22N4O4. The maximum absolute atomic E-state index is 12.3. The van der Waals surface area contributed by atoms with Gasteiger partial charge in [0.25, 0.3) is 0 Å². The molecule has 0 aliphatic carbocycles. The van der Waals surface area contributed by atoms with Gasteiger partial charge in [-0.25, -0.2) is 19.7 Å².